The minimum Gasteiger partial charge on any atom is -0.324 e. The van der Waals surface area contributed by atoms with Crippen LogP contribution >= 0.6 is 15.9 Å². The van der Waals surface area contributed by atoms with Gasteiger partial charge in [0.15, 0.2) is 4.73 Å². The Kier molecular flexibility index (Phi) is 3.01. The van der Waals surface area contributed by atoms with E-state index in [0.717, 1.165) is 17.8 Å². The maximum Gasteiger partial charge on any atom is 0.177 e. The minimum atomic E-state index is 0.624. The molecule has 1 N–H and O–H groups in total. The fourth-order valence-electron chi connectivity index (χ4n) is 1.76. The number of rotatable bonds is 2. The van der Waals surface area contributed by atoms with Crippen LogP contribution in [0.15, 0.2) is 17.1 Å². The summed E-state index contributed by atoms with van der Waals surface area (Å²) in [6.45, 7) is 2.19. The van der Waals surface area contributed by atoms with Crippen LogP contribution in [0.1, 0.15) is 19.3 Å². The van der Waals surface area contributed by atoms with E-state index in [1.54, 1.807) is 0 Å². The van der Waals surface area contributed by atoms with Crippen molar-refractivity contribution in [2.45, 2.75) is 31.8 Å². The van der Waals surface area contributed by atoms with Crippen LogP contribution in [0.2, 0.25) is 0 Å². The summed E-state index contributed by atoms with van der Waals surface area (Å²) >= 11 is 3.42. The SMILES string of the molecule is Brc1nccn1CC1CCCCN1. The molecular weight excluding hydrogens is 230 g/mol. The van der Waals surface area contributed by atoms with Crippen molar-refractivity contribution in [2.24, 2.45) is 0 Å². The lowest BCUT2D eigenvalue weighted by Crippen LogP contribution is -2.37. The van der Waals surface area contributed by atoms with Gasteiger partial charge in [-0.1, -0.05) is 6.42 Å². The maximum absolute atomic E-state index is 4.13. The fourth-order valence-corrected chi connectivity index (χ4v) is 2.15. The average Bonchev–Trinajstić information content (AvgIpc) is 2.54. The van der Waals surface area contributed by atoms with Gasteiger partial charge in [0.1, 0.15) is 0 Å². The Morgan fingerprint density at radius 1 is 1.62 bits per heavy atom. The predicted molar refractivity (Wildman–Crippen MR) is 55.6 cm³/mol. The number of nitrogens with one attached hydrogen (secondary N) is 1. The van der Waals surface area contributed by atoms with Gasteiger partial charge in [0.2, 0.25) is 0 Å². The Morgan fingerprint density at radius 2 is 2.54 bits per heavy atom. The standard InChI is InChI=1S/C9H14BrN3/c10-9-12-5-6-13(9)7-8-3-1-2-4-11-8/h5-6,8,11H,1-4,7H2. The summed E-state index contributed by atoms with van der Waals surface area (Å²) in [6, 6.07) is 0.624. The van der Waals surface area contributed by atoms with E-state index in [-0.39, 0.29) is 0 Å². The summed E-state index contributed by atoms with van der Waals surface area (Å²) < 4.78 is 3.07. The molecule has 13 heavy (non-hydrogen) atoms. The number of nitrogens with zero attached hydrogens (tertiary/aromatic N) is 2. The van der Waals surface area contributed by atoms with Gasteiger partial charge in [-0.05, 0) is 35.3 Å². The predicted octanol–water partition coefficient (Wildman–Crippen LogP) is 1.79. The van der Waals surface area contributed by atoms with Crippen LogP contribution in [-0.4, -0.2) is 22.1 Å². The number of halogens is 1. The van der Waals surface area contributed by atoms with E-state index in [1.165, 1.54) is 19.3 Å². The summed E-state index contributed by atoms with van der Waals surface area (Å²) in [6.07, 6.45) is 7.80. The third kappa shape index (κ3) is 2.31. The fraction of sp³-hybridized carbons (Fsp3) is 0.667. The third-order valence-electron chi connectivity index (χ3n) is 2.49. The lowest BCUT2D eigenvalue weighted by atomic mass is 10.1. The second-order valence-electron chi connectivity index (χ2n) is 3.50. The largest absolute Gasteiger partial charge is 0.324 e. The summed E-state index contributed by atoms with van der Waals surface area (Å²) in [7, 11) is 0. The molecule has 0 aromatic carbocycles. The molecule has 2 rings (SSSR count). The third-order valence-corrected chi connectivity index (χ3v) is 3.15. The Bertz CT molecular complexity index is 266. The van der Waals surface area contributed by atoms with Crippen LogP contribution in [0.4, 0.5) is 0 Å². The Morgan fingerprint density at radius 3 is 3.15 bits per heavy atom. The molecule has 4 heteroatoms. The van der Waals surface area contributed by atoms with Crippen LogP contribution in [-0.2, 0) is 6.54 Å². The van der Waals surface area contributed by atoms with Crippen LogP contribution in [0.5, 0.6) is 0 Å². The molecule has 1 aliphatic rings. The summed E-state index contributed by atoms with van der Waals surface area (Å²) in [5.41, 5.74) is 0. The van der Waals surface area contributed by atoms with Crippen LogP contribution < -0.4 is 5.32 Å². The molecule has 0 aliphatic carbocycles. The van der Waals surface area contributed by atoms with Crippen molar-refractivity contribution in [3.05, 3.63) is 17.1 Å². The highest BCUT2D eigenvalue weighted by atomic mass is 79.9. The molecule has 1 unspecified atom stereocenters. The molecule has 1 atom stereocenters. The van der Waals surface area contributed by atoms with E-state index in [4.69, 9.17) is 0 Å². The molecule has 0 spiro atoms. The minimum absolute atomic E-state index is 0.624. The monoisotopic (exact) mass is 243 g/mol. The van der Waals surface area contributed by atoms with Crippen LogP contribution in [0, 0.1) is 0 Å². The number of imidazole rings is 1. The molecule has 0 radical (unpaired) electrons. The number of aromatic nitrogens is 2. The first kappa shape index (κ1) is 9.21. The summed E-state index contributed by atoms with van der Waals surface area (Å²) in [4.78, 5) is 4.13. The average molecular weight is 244 g/mol. The zero-order valence-corrected chi connectivity index (χ0v) is 9.13. The highest BCUT2D eigenvalue weighted by Gasteiger charge is 2.13. The van der Waals surface area contributed by atoms with Gasteiger partial charge < -0.3 is 9.88 Å². The van der Waals surface area contributed by atoms with Gasteiger partial charge in [-0.3, -0.25) is 0 Å². The van der Waals surface area contributed by atoms with Crippen molar-refractivity contribution >= 4 is 15.9 Å². The Balaban J connectivity index is 1.93. The van der Waals surface area contributed by atoms with Gasteiger partial charge in [0.05, 0.1) is 0 Å². The zero-order valence-electron chi connectivity index (χ0n) is 7.54. The second-order valence-corrected chi connectivity index (χ2v) is 4.20. The second kappa shape index (κ2) is 4.24. The molecule has 1 aliphatic heterocycles. The normalized spacial score (nSPS) is 23.3. The first-order chi connectivity index (χ1) is 6.36. The van der Waals surface area contributed by atoms with E-state index in [9.17, 15) is 0 Å². The Labute approximate surface area is 86.7 Å². The van der Waals surface area contributed by atoms with Gasteiger partial charge in [0.25, 0.3) is 0 Å². The molecule has 2 heterocycles. The van der Waals surface area contributed by atoms with E-state index in [2.05, 4.69) is 30.8 Å². The number of hydrogen-bond donors (Lipinski definition) is 1. The van der Waals surface area contributed by atoms with E-state index in [1.807, 2.05) is 12.4 Å². The maximum atomic E-state index is 4.13. The quantitative estimate of drug-likeness (QED) is 0.859. The molecule has 1 aromatic heterocycles. The number of piperidine rings is 1. The van der Waals surface area contributed by atoms with Crippen molar-refractivity contribution in [2.75, 3.05) is 6.54 Å². The van der Waals surface area contributed by atoms with Crippen molar-refractivity contribution < 1.29 is 0 Å². The first-order valence-corrected chi connectivity index (χ1v) is 5.55. The van der Waals surface area contributed by atoms with Crippen molar-refractivity contribution in [1.29, 1.82) is 0 Å². The van der Waals surface area contributed by atoms with Gasteiger partial charge >= 0.3 is 0 Å². The smallest absolute Gasteiger partial charge is 0.177 e. The lowest BCUT2D eigenvalue weighted by molar-refractivity contribution is 0.361. The van der Waals surface area contributed by atoms with Crippen molar-refractivity contribution in [3.63, 3.8) is 0 Å². The molecule has 1 saturated heterocycles. The first-order valence-electron chi connectivity index (χ1n) is 4.76. The summed E-state index contributed by atoms with van der Waals surface area (Å²) in [5.74, 6) is 0. The highest BCUT2D eigenvalue weighted by Crippen LogP contribution is 2.12. The molecular formula is C9H14BrN3. The van der Waals surface area contributed by atoms with Crippen LogP contribution in [0.3, 0.4) is 0 Å². The van der Waals surface area contributed by atoms with Gasteiger partial charge in [-0.2, -0.15) is 0 Å². The lowest BCUT2D eigenvalue weighted by Gasteiger charge is -2.23. The molecule has 1 aromatic rings. The van der Waals surface area contributed by atoms with Gasteiger partial charge in [0, 0.05) is 25.0 Å². The molecule has 0 amide bonds. The van der Waals surface area contributed by atoms with Gasteiger partial charge in [-0.25, -0.2) is 4.98 Å². The van der Waals surface area contributed by atoms with E-state index in [0.29, 0.717) is 6.04 Å². The molecule has 0 saturated carbocycles. The number of hydrogen-bond acceptors (Lipinski definition) is 2. The molecule has 1 fully saturated rings. The van der Waals surface area contributed by atoms with Gasteiger partial charge in [-0.15, -0.1) is 0 Å². The van der Waals surface area contributed by atoms with Crippen LogP contribution in [0.25, 0.3) is 0 Å². The van der Waals surface area contributed by atoms with E-state index < -0.39 is 0 Å². The molecule has 0 bridgehead atoms. The summed E-state index contributed by atoms with van der Waals surface area (Å²) in [5, 5.41) is 3.52. The zero-order chi connectivity index (χ0) is 9.10. The molecule has 72 valence electrons. The van der Waals surface area contributed by atoms with Crippen molar-refractivity contribution in [1.82, 2.24) is 14.9 Å². The topological polar surface area (TPSA) is 29.9 Å². The molecule has 3 nitrogen and oxygen atoms in total. The van der Waals surface area contributed by atoms with E-state index >= 15 is 0 Å². The Hall–Kier alpha value is -0.350. The highest BCUT2D eigenvalue weighted by molar-refractivity contribution is 9.10. The van der Waals surface area contributed by atoms with Crippen molar-refractivity contribution in [3.8, 4) is 0 Å².